The van der Waals surface area contributed by atoms with Gasteiger partial charge in [-0.3, -0.25) is 0 Å². The van der Waals surface area contributed by atoms with Crippen molar-refractivity contribution in [2.45, 2.75) is 45.4 Å². The van der Waals surface area contributed by atoms with Crippen LogP contribution in [0, 0.1) is 0 Å². The lowest BCUT2D eigenvalue weighted by Crippen LogP contribution is -1.85. The fraction of sp³-hybridized carbons (Fsp3) is 1.00. The van der Waals surface area contributed by atoms with Crippen LogP contribution in [0.15, 0.2) is 0 Å². The summed E-state index contributed by atoms with van der Waals surface area (Å²) in [6.45, 7) is 2.25. The van der Waals surface area contributed by atoms with Crippen LogP contribution >= 0.6 is 23.4 Å². The highest BCUT2D eigenvalue weighted by Gasteiger charge is 1.90. The lowest BCUT2D eigenvalue weighted by molar-refractivity contribution is 0.709. The van der Waals surface area contributed by atoms with E-state index in [1.54, 1.807) is 0 Å². The number of hydrogen-bond donors (Lipinski definition) is 0. The van der Waals surface area contributed by atoms with Gasteiger partial charge in [0.05, 0.1) is 0 Å². The molecule has 0 radical (unpaired) electrons. The molecule has 0 amide bonds. The van der Waals surface area contributed by atoms with Crippen molar-refractivity contribution in [1.29, 1.82) is 0 Å². The van der Waals surface area contributed by atoms with Crippen LogP contribution in [0.4, 0.5) is 0 Å². The molecular weight excluding hydrogens is 188 g/mol. The molecule has 0 fully saturated rings. The van der Waals surface area contributed by atoms with E-state index in [9.17, 15) is 0 Å². The summed E-state index contributed by atoms with van der Waals surface area (Å²) in [4.78, 5) is 0. The second kappa shape index (κ2) is 11.6. The van der Waals surface area contributed by atoms with Crippen LogP contribution in [0.1, 0.15) is 45.4 Å². The van der Waals surface area contributed by atoms with E-state index in [0.29, 0.717) is 0 Å². The Balaban J connectivity index is 2.73. The third-order valence-corrected chi connectivity index (χ3v) is 3.24. The summed E-state index contributed by atoms with van der Waals surface area (Å²) in [6, 6.07) is 0. The van der Waals surface area contributed by atoms with E-state index in [0.717, 1.165) is 5.88 Å². The minimum Gasteiger partial charge on any atom is -0.162 e. The minimum atomic E-state index is 0.836. The lowest BCUT2D eigenvalue weighted by atomic mass is 10.2. The van der Waals surface area contributed by atoms with E-state index in [-0.39, 0.29) is 0 Å². The summed E-state index contributed by atoms with van der Waals surface area (Å²) in [6.07, 6.45) is 7.97. The molecule has 12 heavy (non-hydrogen) atoms. The van der Waals surface area contributed by atoms with Crippen molar-refractivity contribution in [1.82, 2.24) is 0 Å². The van der Waals surface area contributed by atoms with Crippen molar-refractivity contribution >= 4 is 23.4 Å². The first kappa shape index (κ1) is 12.6. The maximum atomic E-state index is 5.58. The van der Waals surface area contributed by atoms with Gasteiger partial charge in [0.2, 0.25) is 0 Å². The number of alkyl halides is 1. The van der Waals surface area contributed by atoms with E-state index in [1.807, 2.05) is 0 Å². The highest BCUT2D eigenvalue weighted by atomic mass is 35.5. The molecule has 0 N–H and O–H groups in total. The smallest absolute Gasteiger partial charge is 0.0223 e. The second-order valence-electron chi connectivity index (χ2n) is 3.07. The predicted octanol–water partition coefficient (Wildman–Crippen LogP) is 4.32. The molecule has 74 valence electrons. The number of halogens is 1. The van der Waals surface area contributed by atoms with Gasteiger partial charge < -0.3 is 0 Å². The zero-order valence-corrected chi connectivity index (χ0v) is 9.72. The maximum Gasteiger partial charge on any atom is 0.0223 e. The molecular formula is C10H21ClS. The lowest BCUT2D eigenvalue weighted by Gasteiger charge is -1.99. The zero-order chi connectivity index (χ0) is 9.07. The molecule has 0 heterocycles. The summed E-state index contributed by atoms with van der Waals surface area (Å²) in [5.41, 5.74) is 0. The first-order chi connectivity index (χ1) is 5.91. The van der Waals surface area contributed by atoms with Gasteiger partial charge in [0.15, 0.2) is 0 Å². The van der Waals surface area contributed by atoms with Crippen LogP contribution in [-0.4, -0.2) is 17.4 Å². The molecule has 0 aromatic rings. The van der Waals surface area contributed by atoms with E-state index in [1.165, 1.54) is 50.0 Å². The van der Waals surface area contributed by atoms with Gasteiger partial charge in [0.25, 0.3) is 0 Å². The summed E-state index contributed by atoms with van der Waals surface area (Å²) in [5.74, 6) is 3.54. The molecule has 0 atom stereocenters. The van der Waals surface area contributed by atoms with E-state index in [4.69, 9.17) is 11.6 Å². The van der Waals surface area contributed by atoms with Gasteiger partial charge in [-0.25, -0.2) is 0 Å². The Labute approximate surface area is 86.5 Å². The highest BCUT2D eigenvalue weighted by Crippen LogP contribution is 2.09. The average Bonchev–Trinajstić information content (AvgIpc) is 2.10. The van der Waals surface area contributed by atoms with Gasteiger partial charge in [-0.15, -0.1) is 11.6 Å². The molecule has 0 saturated carbocycles. The molecule has 0 aromatic heterocycles. The Morgan fingerprint density at radius 3 is 2.25 bits per heavy atom. The van der Waals surface area contributed by atoms with Gasteiger partial charge in [-0.2, -0.15) is 11.8 Å². The maximum absolute atomic E-state index is 5.58. The average molecular weight is 209 g/mol. The summed E-state index contributed by atoms with van der Waals surface area (Å²) < 4.78 is 0. The molecule has 0 aliphatic carbocycles. The standard InChI is InChI=1S/C10H21ClS/c1-2-3-9-12-10-7-5-4-6-8-11/h2-10H2,1H3. The van der Waals surface area contributed by atoms with Gasteiger partial charge in [-0.1, -0.05) is 26.2 Å². The molecule has 0 spiro atoms. The van der Waals surface area contributed by atoms with E-state index < -0.39 is 0 Å². The number of rotatable bonds is 9. The van der Waals surface area contributed by atoms with Crippen LogP contribution < -0.4 is 0 Å². The zero-order valence-electron chi connectivity index (χ0n) is 8.15. The molecule has 0 aromatic carbocycles. The van der Waals surface area contributed by atoms with Crippen molar-refractivity contribution in [2.75, 3.05) is 17.4 Å². The highest BCUT2D eigenvalue weighted by molar-refractivity contribution is 7.99. The van der Waals surface area contributed by atoms with Gasteiger partial charge in [0.1, 0.15) is 0 Å². The predicted molar refractivity (Wildman–Crippen MR) is 61.4 cm³/mol. The Morgan fingerprint density at radius 2 is 1.58 bits per heavy atom. The third kappa shape index (κ3) is 10.6. The van der Waals surface area contributed by atoms with Gasteiger partial charge >= 0.3 is 0 Å². The Morgan fingerprint density at radius 1 is 0.917 bits per heavy atom. The minimum absolute atomic E-state index is 0.836. The monoisotopic (exact) mass is 208 g/mol. The van der Waals surface area contributed by atoms with Crippen molar-refractivity contribution < 1.29 is 0 Å². The molecule has 0 saturated heterocycles. The Kier molecular flexibility index (Phi) is 12.3. The first-order valence-electron chi connectivity index (χ1n) is 5.05. The van der Waals surface area contributed by atoms with Crippen molar-refractivity contribution in [3.8, 4) is 0 Å². The van der Waals surface area contributed by atoms with Crippen LogP contribution in [0.5, 0.6) is 0 Å². The van der Waals surface area contributed by atoms with Crippen LogP contribution in [-0.2, 0) is 0 Å². The van der Waals surface area contributed by atoms with Crippen LogP contribution in [0.25, 0.3) is 0 Å². The van der Waals surface area contributed by atoms with E-state index >= 15 is 0 Å². The van der Waals surface area contributed by atoms with Gasteiger partial charge in [-0.05, 0) is 30.8 Å². The number of thioether (sulfide) groups is 1. The van der Waals surface area contributed by atoms with Crippen molar-refractivity contribution in [3.63, 3.8) is 0 Å². The molecule has 0 nitrogen and oxygen atoms in total. The largest absolute Gasteiger partial charge is 0.162 e. The normalized spacial score (nSPS) is 10.5. The number of unbranched alkanes of at least 4 members (excludes halogenated alkanes) is 4. The fourth-order valence-electron chi connectivity index (χ4n) is 1.00. The fourth-order valence-corrected chi connectivity index (χ4v) is 2.29. The van der Waals surface area contributed by atoms with Crippen LogP contribution in [0.2, 0.25) is 0 Å². The molecule has 0 aliphatic heterocycles. The molecule has 2 heteroatoms. The number of hydrogen-bond acceptors (Lipinski definition) is 1. The summed E-state index contributed by atoms with van der Waals surface area (Å²) >= 11 is 7.68. The molecule has 0 unspecified atom stereocenters. The van der Waals surface area contributed by atoms with E-state index in [2.05, 4.69) is 18.7 Å². The SMILES string of the molecule is CCCCSCCCCCCCl. The summed E-state index contributed by atoms with van der Waals surface area (Å²) in [5, 5.41) is 0. The first-order valence-corrected chi connectivity index (χ1v) is 6.74. The Hall–Kier alpha value is 0.640. The topological polar surface area (TPSA) is 0 Å². The quantitative estimate of drug-likeness (QED) is 0.402. The van der Waals surface area contributed by atoms with Crippen molar-refractivity contribution in [3.05, 3.63) is 0 Å². The van der Waals surface area contributed by atoms with Crippen LogP contribution in [0.3, 0.4) is 0 Å². The molecule has 0 bridgehead atoms. The Bertz CT molecular complexity index is 66.2. The molecule has 0 rings (SSSR count). The van der Waals surface area contributed by atoms with Gasteiger partial charge in [0, 0.05) is 5.88 Å². The summed E-state index contributed by atoms with van der Waals surface area (Å²) in [7, 11) is 0. The third-order valence-electron chi connectivity index (χ3n) is 1.81. The second-order valence-corrected chi connectivity index (χ2v) is 4.67. The van der Waals surface area contributed by atoms with Crippen molar-refractivity contribution in [2.24, 2.45) is 0 Å². The molecule has 0 aliphatic rings.